The summed E-state index contributed by atoms with van der Waals surface area (Å²) < 4.78 is 0. The second-order valence-electron chi connectivity index (χ2n) is 6.17. The lowest BCUT2D eigenvalue weighted by Crippen LogP contribution is -2.33. The SMILES string of the molecule is O=C(CCN1CCCCCCC1)NCCCc1cccnc1. The number of aromatic nitrogens is 1. The smallest absolute Gasteiger partial charge is 0.221 e. The molecular formula is C18H29N3O. The van der Waals surface area contributed by atoms with Crippen molar-refractivity contribution in [3.63, 3.8) is 0 Å². The zero-order chi connectivity index (χ0) is 15.5. The van der Waals surface area contributed by atoms with Gasteiger partial charge in [0.2, 0.25) is 5.91 Å². The van der Waals surface area contributed by atoms with Gasteiger partial charge in [0.25, 0.3) is 0 Å². The lowest BCUT2D eigenvalue weighted by molar-refractivity contribution is -0.121. The summed E-state index contributed by atoms with van der Waals surface area (Å²) >= 11 is 0. The van der Waals surface area contributed by atoms with E-state index in [1.165, 1.54) is 37.7 Å². The van der Waals surface area contributed by atoms with Crippen LogP contribution >= 0.6 is 0 Å². The number of nitrogens with zero attached hydrogens (tertiary/aromatic N) is 2. The number of rotatable bonds is 7. The Morgan fingerprint density at radius 1 is 1.18 bits per heavy atom. The normalized spacial score (nSPS) is 16.7. The minimum Gasteiger partial charge on any atom is -0.356 e. The predicted molar refractivity (Wildman–Crippen MR) is 89.7 cm³/mol. The summed E-state index contributed by atoms with van der Waals surface area (Å²) in [5.41, 5.74) is 1.23. The number of carbonyl (C=O) groups excluding carboxylic acids is 1. The molecule has 0 aromatic carbocycles. The highest BCUT2D eigenvalue weighted by molar-refractivity contribution is 5.76. The molecule has 0 saturated carbocycles. The molecule has 122 valence electrons. The van der Waals surface area contributed by atoms with E-state index in [9.17, 15) is 4.79 Å². The summed E-state index contributed by atoms with van der Waals surface area (Å²) in [6.45, 7) is 3.99. The van der Waals surface area contributed by atoms with E-state index in [1.807, 2.05) is 12.3 Å². The van der Waals surface area contributed by atoms with Gasteiger partial charge in [-0.25, -0.2) is 0 Å². The number of carbonyl (C=O) groups is 1. The Labute approximate surface area is 134 Å². The third-order valence-corrected chi connectivity index (χ3v) is 4.29. The molecule has 1 fully saturated rings. The molecule has 1 N–H and O–H groups in total. The fourth-order valence-corrected chi connectivity index (χ4v) is 2.95. The van der Waals surface area contributed by atoms with E-state index in [0.717, 1.165) is 39.0 Å². The number of aryl methyl sites for hydroxylation is 1. The minimum absolute atomic E-state index is 0.188. The number of likely N-dealkylation sites (tertiary alicyclic amines) is 1. The third kappa shape index (κ3) is 7.03. The van der Waals surface area contributed by atoms with Crippen LogP contribution in [0.4, 0.5) is 0 Å². The van der Waals surface area contributed by atoms with Gasteiger partial charge in [0.15, 0.2) is 0 Å². The molecule has 0 spiro atoms. The van der Waals surface area contributed by atoms with Gasteiger partial charge in [-0.1, -0.05) is 25.3 Å². The van der Waals surface area contributed by atoms with Gasteiger partial charge in [-0.05, 0) is 50.4 Å². The average Bonchev–Trinajstić information content (AvgIpc) is 2.51. The van der Waals surface area contributed by atoms with Crippen LogP contribution in [0.3, 0.4) is 0 Å². The van der Waals surface area contributed by atoms with Crippen LogP contribution in [-0.2, 0) is 11.2 Å². The molecule has 1 amide bonds. The van der Waals surface area contributed by atoms with Crippen LogP contribution in [0.15, 0.2) is 24.5 Å². The first kappa shape index (κ1) is 16.9. The Hall–Kier alpha value is -1.42. The molecule has 2 rings (SSSR count). The highest BCUT2D eigenvalue weighted by atomic mass is 16.1. The number of pyridine rings is 1. The van der Waals surface area contributed by atoms with Crippen molar-refractivity contribution in [3.05, 3.63) is 30.1 Å². The summed E-state index contributed by atoms with van der Waals surface area (Å²) in [5.74, 6) is 0.188. The van der Waals surface area contributed by atoms with Gasteiger partial charge in [0.1, 0.15) is 0 Å². The molecule has 0 radical (unpaired) electrons. The zero-order valence-corrected chi connectivity index (χ0v) is 13.6. The van der Waals surface area contributed by atoms with Crippen LogP contribution in [0, 0.1) is 0 Å². The molecule has 1 saturated heterocycles. The number of nitrogens with one attached hydrogen (secondary N) is 1. The molecule has 4 nitrogen and oxygen atoms in total. The van der Waals surface area contributed by atoms with Gasteiger partial charge in [-0.15, -0.1) is 0 Å². The lowest BCUT2D eigenvalue weighted by Gasteiger charge is -2.24. The van der Waals surface area contributed by atoms with Gasteiger partial charge in [0, 0.05) is 31.9 Å². The second-order valence-corrected chi connectivity index (χ2v) is 6.17. The molecule has 0 atom stereocenters. The van der Waals surface area contributed by atoms with Gasteiger partial charge in [0.05, 0.1) is 0 Å². The topological polar surface area (TPSA) is 45.2 Å². The van der Waals surface area contributed by atoms with Crippen LogP contribution in [0.25, 0.3) is 0 Å². The van der Waals surface area contributed by atoms with Crippen LogP contribution in [0.2, 0.25) is 0 Å². The number of amides is 1. The molecule has 1 aliphatic heterocycles. The molecule has 4 heteroatoms. The van der Waals surface area contributed by atoms with E-state index >= 15 is 0 Å². The summed E-state index contributed by atoms with van der Waals surface area (Å²) in [5, 5.41) is 3.03. The summed E-state index contributed by atoms with van der Waals surface area (Å²) in [6, 6.07) is 4.04. The second kappa shape index (κ2) is 10.3. The van der Waals surface area contributed by atoms with E-state index in [2.05, 4.69) is 21.3 Å². The largest absolute Gasteiger partial charge is 0.356 e. The zero-order valence-electron chi connectivity index (χ0n) is 13.6. The molecule has 0 bridgehead atoms. The van der Waals surface area contributed by atoms with Gasteiger partial charge in [-0.2, -0.15) is 0 Å². The fraction of sp³-hybridized carbons (Fsp3) is 0.667. The van der Waals surface area contributed by atoms with Crippen molar-refractivity contribution in [2.24, 2.45) is 0 Å². The van der Waals surface area contributed by atoms with E-state index in [1.54, 1.807) is 6.20 Å². The van der Waals surface area contributed by atoms with Gasteiger partial charge in [-0.3, -0.25) is 9.78 Å². The van der Waals surface area contributed by atoms with Crippen LogP contribution in [0.1, 0.15) is 50.5 Å². The fourth-order valence-electron chi connectivity index (χ4n) is 2.95. The first-order chi connectivity index (χ1) is 10.8. The molecule has 0 aliphatic carbocycles. The summed E-state index contributed by atoms with van der Waals surface area (Å²) in [7, 11) is 0. The minimum atomic E-state index is 0.188. The van der Waals surface area contributed by atoms with Crippen LogP contribution < -0.4 is 5.32 Å². The van der Waals surface area contributed by atoms with E-state index < -0.39 is 0 Å². The molecule has 1 aliphatic rings. The quantitative estimate of drug-likeness (QED) is 0.788. The maximum atomic E-state index is 11.9. The number of hydrogen-bond acceptors (Lipinski definition) is 3. The van der Waals surface area contributed by atoms with Crippen molar-refractivity contribution < 1.29 is 4.79 Å². The highest BCUT2D eigenvalue weighted by Gasteiger charge is 2.09. The Morgan fingerprint density at radius 2 is 1.95 bits per heavy atom. The van der Waals surface area contributed by atoms with Crippen LogP contribution in [0.5, 0.6) is 0 Å². The first-order valence-electron chi connectivity index (χ1n) is 8.72. The molecular weight excluding hydrogens is 274 g/mol. The van der Waals surface area contributed by atoms with E-state index in [-0.39, 0.29) is 5.91 Å². The maximum absolute atomic E-state index is 11.9. The van der Waals surface area contributed by atoms with Crippen LogP contribution in [-0.4, -0.2) is 42.0 Å². The van der Waals surface area contributed by atoms with Crippen molar-refractivity contribution >= 4 is 5.91 Å². The van der Waals surface area contributed by atoms with Crippen molar-refractivity contribution in [3.8, 4) is 0 Å². The average molecular weight is 303 g/mol. The molecule has 1 aromatic rings. The Balaban J connectivity index is 1.53. The Kier molecular flexibility index (Phi) is 7.96. The third-order valence-electron chi connectivity index (χ3n) is 4.29. The summed E-state index contributed by atoms with van der Waals surface area (Å²) in [4.78, 5) is 18.5. The highest BCUT2D eigenvalue weighted by Crippen LogP contribution is 2.10. The van der Waals surface area contributed by atoms with Gasteiger partial charge < -0.3 is 10.2 Å². The van der Waals surface area contributed by atoms with Gasteiger partial charge >= 0.3 is 0 Å². The Bertz CT molecular complexity index is 414. The van der Waals surface area contributed by atoms with Crippen molar-refractivity contribution in [1.82, 2.24) is 15.2 Å². The predicted octanol–water partition coefficient (Wildman–Crippen LogP) is 2.79. The maximum Gasteiger partial charge on any atom is 0.221 e. The first-order valence-corrected chi connectivity index (χ1v) is 8.72. The summed E-state index contributed by atoms with van der Waals surface area (Å²) in [6.07, 6.45) is 12.9. The van der Waals surface area contributed by atoms with Crippen molar-refractivity contribution in [1.29, 1.82) is 0 Å². The monoisotopic (exact) mass is 303 g/mol. The Morgan fingerprint density at radius 3 is 2.68 bits per heavy atom. The molecule has 2 heterocycles. The number of hydrogen-bond donors (Lipinski definition) is 1. The van der Waals surface area contributed by atoms with E-state index in [4.69, 9.17) is 0 Å². The molecule has 1 aromatic heterocycles. The molecule has 22 heavy (non-hydrogen) atoms. The van der Waals surface area contributed by atoms with Crippen molar-refractivity contribution in [2.75, 3.05) is 26.2 Å². The lowest BCUT2D eigenvalue weighted by atomic mass is 10.1. The van der Waals surface area contributed by atoms with E-state index in [0.29, 0.717) is 6.42 Å². The molecule has 0 unspecified atom stereocenters. The standard InChI is InChI=1S/C18H29N3O/c22-18(10-15-21-13-4-2-1-3-5-14-21)20-12-7-9-17-8-6-11-19-16-17/h6,8,11,16H,1-5,7,9-10,12-15H2,(H,20,22). The van der Waals surface area contributed by atoms with Crippen molar-refractivity contribution in [2.45, 2.75) is 51.4 Å².